The Labute approximate surface area is 222 Å². The fraction of sp³-hybridized carbons (Fsp3) is 0.565. The number of aliphatic hydroxyl groups is 3. The topological polar surface area (TPSA) is 138 Å². The van der Waals surface area contributed by atoms with Gasteiger partial charge in [-0.15, -0.1) is 5.10 Å². The minimum Gasteiger partial charge on any atom is -0.394 e. The standard InChI is InChI=1S/C23H25F5N6O4S/c24-12-2-1-10(7-13(12)25)11-8-14(11)29-20-17-21(31-22(30-20)39-6-3-23(26,27)28)34(33-32-17)15-9-16(38-5-4-35)19(37)18(15)36/h1-2,7,11,14-16,18-19,35-37H,3-6,8-9H2,(H,29,30,31). The molecule has 2 aliphatic carbocycles. The second-order valence-electron chi connectivity index (χ2n) is 9.46. The van der Waals surface area contributed by atoms with Crippen LogP contribution in [0.3, 0.4) is 0 Å². The van der Waals surface area contributed by atoms with Crippen LogP contribution in [0.15, 0.2) is 23.4 Å². The van der Waals surface area contributed by atoms with Crippen molar-refractivity contribution in [1.29, 1.82) is 0 Å². The van der Waals surface area contributed by atoms with Gasteiger partial charge in [-0.25, -0.2) is 23.4 Å². The van der Waals surface area contributed by atoms with Crippen LogP contribution in [-0.2, 0) is 4.74 Å². The van der Waals surface area contributed by atoms with Crippen LogP contribution in [0.1, 0.15) is 36.8 Å². The van der Waals surface area contributed by atoms with E-state index >= 15 is 0 Å². The summed E-state index contributed by atoms with van der Waals surface area (Å²) in [7, 11) is 0. The summed E-state index contributed by atoms with van der Waals surface area (Å²) in [4.78, 5) is 8.70. The Bertz CT molecular complexity index is 1330. The van der Waals surface area contributed by atoms with Crippen LogP contribution in [0.2, 0.25) is 0 Å². The molecule has 2 aromatic heterocycles. The second-order valence-corrected chi connectivity index (χ2v) is 10.5. The predicted molar refractivity (Wildman–Crippen MR) is 128 cm³/mol. The maximum atomic E-state index is 13.7. The van der Waals surface area contributed by atoms with E-state index in [1.165, 1.54) is 10.7 Å². The van der Waals surface area contributed by atoms with Crippen molar-refractivity contribution in [2.24, 2.45) is 0 Å². The van der Waals surface area contributed by atoms with Crippen molar-refractivity contribution in [2.45, 2.75) is 66.9 Å². The molecule has 4 N–H and O–H groups in total. The van der Waals surface area contributed by atoms with Gasteiger partial charge in [0.1, 0.15) is 12.2 Å². The molecule has 6 atom stereocenters. The quantitative estimate of drug-likeness (QED) is 0.162. The Morgan fingerprint density at radius 3 is 2.62 bits per heavy atom. The molecule has 0 spiro atoms. The number of anilines is 1. The van der Waals surface area contributed by atoms with Crippen LogP contribution in [-0.4, -0.2) is 89.8 Å². The first kappa shape index (κ1) is 27.9. The van der Waals surface area contributed by atoms with E-state index in [4.69, 9.17) is 9.84 Å². The van der Waals surface area contributed by atoms with E-state index < -0.39 is 48.6 Å². The number of nitrogens with one attached hydrogen (secondary N) is 1. The molecule has 10 nitrogen and oxygen atoms in total. The first-order valence-corrected chi connectivity index (χ1v) is 13.2. The van der Waals surface area contributed by atoms with Gasteiger partial charge in [0, 0.05) is 24.1 Å². The maximum Gasteiger partial charge on any atom is 0.389 e. The zero-order valence-electron chi connectivity index (χ0n) is 20.2. The highest BCUT2D eigenvalue weighted by Crippen LogP contribution is 2.44. The van der Waals surface area contributed by atoms with Crippen molar-refractivity contribution in [3.63, 3.8) is 0 Å². The van der Waals surface area contributed by atoms with Gasteiger partial charge in [0.15, 0.2) is 33.8 Å². The normalized spacial score (nSPS) is 26.9. The largest absolute Gasteiger partial charge is 0.394 e. The van der Waals surface area contributed by atoms with Crippen molar-refractivity contribution in [2.75, 3.05) is 24.3 Å². The molecule has 0 amide bonds. The van der Waals surface area contributed by atoms with Gasteiger partial charge >= 0.3 is 6.18 Å². The summed E-state index contributed by atoms with van der Waals surface area (Å²) in [5.41, 5.74) is 0.899. The number of ether oxygens (including phenoxy) is 1. The molecule has 2 saturated carbocycles. The lowest BCUT2D eigenvalue weighted by Crippen LogP contribution is -2.33. The third kappa shape index (κ3) is 6.09. The lowest BCUT2D eigenvalue weighted by Gasteiger charge is -2.17. The van der Waals surface area contributed by atoms with Gasteiger partial charge in [-0.1, -0.05) is 23.0 Å². The number of fused-ring (bicyclic) bond motifs is 1. The number of hydrogen-bond donors (Lipinski definition) is 4. The van der Waals surface area contributed by atoms with Gasteiger partial charge in [0.05, 0.1) is 31.8 Å². The number of aromatic nitrogens is 5. The molecule has 0 bridgehead atoms. The number of halogens is 5. The highest BCUT2D eigenvalue weighted by Gasteiger charge is 2.45. The monoisotopic (exact) mass is 576 g/mol. The maximum absolute atomic E-state index is 13.7. The summed E-state index contributed by atoms with van der Waals surface area (Å²) in [6, 6.07) is 2.59. The average Bonchev–Trinajstić information content (AvgIpc) is 3.42. The first-order chi connectivity index (χ1) is 18.6. The minimum atomic E-state index is -4.36. The van der Waals surface area contributed by atoms with Crippen molar-refractivity contribution in [3.05, 3.63) is 35.4 Å². The Morgan fingerprint density at radius 1 is 1.10 bits per heavy atom. The summed E-state index contributed by atoms with van der Waals surface area (Å²) in [6.07, 6.45) is -8.11. The average molecular weight is 577 g/mol. The molecule has 6 unspecified atom stereocenters. The van der Waals surface area contributed by atoms with Gasteiger partial charge in [-0.2, -0.15) is 13.2 Å². The van der Waals surface area contributed by atoms with E-state index in [1.807, 2.05) is 0 Å². The third-order valence-electron chi connectivity index (χ3n) is 6.74. The summed E-state index contributed by atoms with van der Waals surface area (Å²) in [6.45, 7) is -0.320. The number of aliphatic hydroxyl groups excluding tert-OH is 3. The SMILES string of the molecule is OCCOC1CC(n2nnc3c(NC4CC4c4ccc(F)c(F)c4)nc(SCCC(F)(F)F)nc32)C(O)C1O. The van der Waals surface area contributed by atoms with Crippen LogP contribution >= 0.6 is 11.8 Å². The highest BCUT2D eigenvalue weighted by molar-refractivity contribution is 7.99. The number of rotatable bonds is 10. The zero-order valence-corrected chi connectivity index (χ0v) is 21.0. The molecule has 1 aromatic carbocycles. The Kier molecular flexibility index (Phi) is 7.92. The van der Waals surface area contributed by atoms with Gasteiger partial charge in [-0.05, 0) is 24.1 Å². The van der Waals surface area contributed by atoms with Crippen molar-refractivity contribution in [1.82, 2.24) is 25.0 Å². The van der Waals surface area contributed by atoms with Gasteiger partial charge in [0.2, 0.25) is 0 Å². The molecular weight excluding hydrogens is 551 g/mol. The van der Waals surface area contributed by atoms with Crippen LogP contribution in [0.25, 0.3) is 11.2 Å². The summed E-state index contributed by atoms with van der Waals surface area (Å²) in [5.74, 6) is -2.22. The molecule has 212 valence electrons. The smallest absolute Gasteiger partial charge is 0.389 e. The van der Waals surface area contributed by atoms with Gasteiger partial charge in [0.25, 0.3) is 0 Å². The summed E-state index contributed by atoms with van der Waals surface area (Å²) in [5, 5.41) is 41.5. The lowest BCUT2D eigenvalue weighted by atomic mass is 10.1. The fourth-order valence-corrected chi connectivity index (χ4v) is 5.50. The first-order valence-electron chi connectivity index (χ1n) is 12.2. The summed E-state index contributed by atoms with van der Waals surface area (Å²) < 4.78 is 71.9. The molecule has 0 saturated heterocycles. The molecule has 3 aromatic rings. The number of hydrogen-bond acceptors (Lipinski definition) is 10. The number of nitrogens with zero attached hydrogens (tertiary/aromatic N) is 5. The number of thioether (sulfide) groups is 1. The highest BCUT2D eigenvalue weighted by atomic mass is 32.2. The van der Waals surface area contributed by atoms with Crippen molar-refractivity contribution >= 4 is 28.7 Å². The molecule has 2 heterocycles. The van der Waals surface area contributed by atoms with E-state index in [0.29, 0.717) is 12.0 Å². The van der Waals surface area contributed by atoms with Crippen LogP contribution in [0, 0.1) is 11.6 Å². The van der Waals surface area contributed by atoms with E-state index in [-0.39, 0.29) is 59.5 Å². The zero-order chi connectivity index (χ0) is 27.9. The van der Waals surface area contributed by atoms with E-state index in [9.17, 15) is 32.2 Å². The number of alkyl halides is 3. The summed E-state index contributed by atoms with van der Waals surface area (Å²) >= 11 is 0.785. The molecule has 5 rings (SSSR count). The molecule has 39 heavy (non-hydrogen) atoms. The molecule has 2 fully saturated rings. The van der Waals surface area contributed by atoms with Crippen molar-refractivity contribution < 1.29 is 42.0 Å². The number of benzene rings is 1. The van der Waals surface area contributed by atoms with Crippen LogP contribution in [0.5, 0.6) is 0 Å². The minimum absolute atomic E-state index is 0.0175. The molecule has 2 aliphatic rings. The van der Waals surface area contributed by atoms with Crippen LogP contribution in [0.4, 0.5) is 27.8 Å². The Hall–Kier alpha value is -2.66. The Morgan fingerprint density at radius 2 is 1.90 bits per heavy atom. The van der Waals surface area contributed by atoms with Gasteiger partial charge in [-0.3, -0.25) is 0 Å². The lowest BCUT2D eigenvalue weighted by molar-refractivity contribution is -0.129. The molecule has 0 radical (unpaired) electrons. The van der Waals surface area contributed by atoms with E-state index in [2.05, 4.69) is 25.6 Å². The Balaban J connectivity index is 1.43. The predicted octanol–water partition coefficient (Wildman–Crippen LogP) is 2.56. The molecule has 0 aliphatic heterocycles. The molecule has 16 heteroatoms. The van der Waals surface area contributed by atoms with Crippen LogP contribution < -0.4 is 5.32 Å². The second kappa shape index (κ2) is 11.1. The fourth-order valence-electron chi connectivity index (χ4n) is 4.68. The van der Waals surface area contributed by atoms with Gasteiger partial charge < -0.3 is 25.4 Å². The van der Waals surface area contributed by atoms with Crippen molar-refractivity contribution in [3.8, 4) is 0 Å². The third-order valence-corrected chi connectivity index (χ3v) is 7.59. The molecular formula is C23H25F5N6O4S. The van der Waals surface area contributed by atoms with E-state index in [1.54, 1.807) is 0 Å². The van der Waals surface area contributed by atoms with E-state index in [0.717, 1.165) is 23.9 Å².